The Hall–Kier alpha value is -2.56. The molecule has 0 saturated heterocycles. The molecule has 0 aliphatic rings. The molecule has 0 bridgehead atoms. The first-order valence-electron chi connectivity index (χ1n) is 20.1. The fourth-order valence-electron chi connectivity index (χ4n) is 5.34. The number of aliphatic hydroxyl groups excluding tert-OH is 2. The third kappa shape index (κ3) is 47.5. The third-order valence-corrected chi connectivity index (χ3v) is 8.55. The van der Waals surface area contributed by atoms with Crippen LogP contribution in [0, 0.1) is 0 Å². The molecule has 0 aliphatic carbocycles. The molecule has 2 N–H and O–H groups in total. The number of hydrogen-bond donors (Lipinski definition) is 2. The van der Waals surface area contributed by atoms with Crippen molar-refractivity contribution in [2.75, 3.05) is 20.3 Å². The van der Waals surface area contributed by atoms with E-state index in [0.29, 0.717) is 12.8 Å². The van der Waals surface area contributed by atoms with Crippen LogP contribution in [-0.4, -0.2) is 54.6 Å². The maximum Gasteiger partial charge on any atom is 1.00 e. The van der Waals surface area contributed by atoms with Gasteiger partial charge in [-0.1, -0.05) is 97.4 Å². The first-order chi connectivity index (χ1) is 25.9. The zero-order valence-electron chi connectivity index (χ0n) is 33.8. The molecule has 0 aromatic rings. The number of allylic oxidation sites excluding steroid dienone is 8. The fourth-order valence-corrected chi connectivity index (χ4v) is 5.34. The van der Waals surface area contributed by atoms with E-state index in [1.165, 1.54) is 71.3 Å². The molecule has 0 spiro atoms. The van der Waals surface area contributed by atoms with Gasteiger partial charge in [-0.05, 0) is 133 Å². The number of carboxylic acid groups (broad SMARTS) is 1. The minimum atomic E-state index is -0.964. The van der Waals surface area contributed by atoms with Crippen LogP contribution >= 0.6 is 0 Å². The van der Waals surface area contributed by atoms with Gasteiger partial charge >= 0.3 is 35.5 Å². The molecule has 302 valence electrons. The summed E-state index contributed by atoms with van der Waals surface area (Å²) in [7, 11) is 1.43. The van der Waals surface area contributed by atoms with E-state index >= 15 is 0 Å². The number of azide groups is 2. The second kappa shape index (κ2) is 48.5. The number of ether oxygens (including phenoxy) is 1. The van der Waals surface area contributed by atoms with Crippen LogP contribution in [-0.2, 0) is 14.3 Å². The molecule has 0 unspecified atom stereocenters. The van der Waals surface area contributed by atoms with Crippen molar-refractivity contribution in [2.45, 2.75) is 179 Å². The van der Waals surface area contributed by atoms with Crippen molar-refractivity contribution in [3.8, 4) is 0 Å². The summed E-state index contributed by atoms with van der Waals surface area (Å²) in [6.07, 6.45) is 43.6. The van der Waals surface area contributed by atoms with E-state index in [-0.39, 0.29) is 67.2 Å². The molecule has 0 aromatic heterocycles. The molecule has 12 nitrogen and oxygen atoms in total. The number of nitrogens with zero attached hydrogens (tertiary/aromatic N) is 6. The van der Waals surface area contributed by atoms with Crippen LogP contribution in [0.5, 0.6) is 0 Å². The first-order valence-corrected chi connectivity index (χ1v) is 20.1. The van der Waals surface area contributed by atoms with E-state index in [0.717, 1.165) is 83.5 Å². The predicted molar refractivity (Wildman–Crippen MR) is 214 cm³/mol. The van der Waals surface area contributed by atoms with Crippen molar-refractivity contribution in [1.29, 1.82) is 0 Å². The summed E-state index contributed by atoms with van der Waals surface area (Å²) < 4.78 is 4.61. The number of rotatable bonds is 36. The van der Waals surface area contributed by atoms with Gasteiger partial charge in [0.25, 0.3) is 0 Å². The average molecular weight is 767 g/mol. The molecule has 0 radical (unpaired) electrons. The maximum atomic E-state index is 10.9. The Balaban J connectivity index is -0.000000946. The number of carbonyl (C=O) groups excluding carboxylic acids is 2. The number of esters is 1. The number of carbonyl (C=O) groups is 2. The Morgan fingerprint density at radius 2 is 0.852 bits per heavy atom. The van der Waals surface area contributed by atoms with Crippen molar-refractivity contribution < 1.29 is 59.2 Å². The SMILES string of the molecule is COC(=O)CCC/C=C\CCCCCCC/C=C\CCC[C@@H](CO)N=[N+]=[N-].[N-]=[N+]=N[C@H](CO)CCC/C=C\CCCCCCC/C=C\CCCC(=O)[O-].[Na+]. The normalized spacial score (nSPS) is 12.2. The van der Waals surface area contributed by atoms with Gasteiger partial charge in [-0.25, -0.2) is 0 Å². The zero-order chi connectivity index (χ0) is 39.3. The largest absolute Gasteiger partial charge is 1.00 e. The molecule has 0 fully saturated rings. The molecule has 0 rings (SSSR count). The molecule has 13 heteroatoms. The van der Waals surface area contributed by atoms with Crippen LogP contribution in [0.2, 0.25) is 0 Å². The van der Waals surface area contributed by atoms with Crippen molar-refractivity contribution in [3.05, 3.63) is 69.5 Å². The molecule has 54 heavy (non-hydrogen) atoms. The summed E-state index contributed by atoms with van der Waals surface area (Å²) in [4.78, 5) is 26.6. The van der Waals surface area contributed by atoms with Crippen LogP contribution in [0.1, 0.15) is 167 Å². The van der Waals surface area contributed by atoms with Gasteiger partial charge in [-0.2, -0.15) is 0 Å². The van der Waals surface area contributed by atoms with Gasteiger partial charge in [0.1, 0.15) is 0 Å². The van der Waals surface area contributed by atoms with Gasteiger partial charge in [0, 0.05) is 22.2 Å². The summed E-state index contributed by atoms with van der Waals surface area (Å²) in [6, 6.07) is -0.566. The average Bonchev–Trinajstić information content (AvgIpc) is 3.16. The summed E-state index contributed by atoms with van der Waals surface area (Å²) in [5.74, 6) is -1.09. The minimum absolute atomic E-state index is 0. The third-order valence-electron chi connectivity index (χ3n) is 8.55. The fraction of sp³-hybridized carbons (Fsp3) is 0.756. The van der Waals surface area contributed by atoms with E-state index in [4.69, 9.17) is 21.3 Å². The van der Waals surface area contributed by atoms with Gasteiger partial charge < -0.3 is 24.9 Å². The van der Waals surface area contributed by atoms with Gasteiger partial charge in [0.15, 0.2) is 0 Å². The Labute approximate surface area is 348 Å². The Kier molecular flexibility index (Phi) is 50.1. The summed E-state index contributed by atoms with van der Waals surface area (Å²) >= 11 is 0. The molecule has 0 saturated carbocycles. The Bertz CT molecular complexity index is 1070. The number of methoxy groups -OCH3 is 1. The molecule has 0 heterocycles. The van der Waals surface area contributed by atoms with Gasteiger partial charge in [-0.15, -0.1) is 0 Å². The zero-order valence-corrected chi connectivity index (χ0v) is 35.8. The van der Waals surface area contributed by atoms with Crippen molar-refractivity contribution >= 4 is 11.9 Å². The van der Waals surface area contributed by atoms with Crippen LogP contribution in [0.3, 0.4) is 0 Å². The van der Waals surface area contributed by atoms with E-state index in [2.05, 4.69) is 73.4 Å². The van der Waals surface area contributed by atoms with Crippen LogP contribution in [0.4, 0.5) is 0 Å². The van der Waals surface area contributed by atoms with E-state index in [1.807, 2.05) is 0 Å². The van der Waals surface area contributed by atoms with E-state index in [9.17, 15) is 14.7 Å². The maximum absolute atomic E-state index is 10.9. The number of aliphatic hydroxyl groups is 2. The summed E-state index contributed by atoms with van der Waals surface area (Å²) in [5.41, 5.74) is 16.7. The topological polar surface area (TPSA) is 204 Å². The number of aliphatic carboxylic acids is 1. The van der Waals surface area contributed by atoms with Crippen molar-refractivity contribution in [3.63, 3.8) is 0 Å². The van der Waals surface area contributed by atoms with Gasteiger partial charge in [0.05, 0.1) is 32.4 Å². The standard InChI is InChI=1S/C21H37N3O3.C20H35N3O3.Na/c1-27-21(26)18-16-14-12-10-8-6-4-2-3-5-7-9-11-13-15-17-20(19-25)23-24-22;21-23-22-19(18-24)16-14-12-10-8-6-4-2-1-3-5-7-9-11-13-15-17-20(25)26;/h9-12,20,25H,2-8,13-19H2,1H3;8-11,19,24H,1-7,12-18H2,(H,25,26);/q;;+1/p-1/b11-9-,12-10-;10-8-,11-9-;/t20-;19-;/m00./s1. The summed E-state index contributed by atoms with van der Waals surface area (Å²) in [6.45, 7) is -0.148. The molecular formula is C41H71N6NaO6. The summed E-state index contributed by atoms with van der Waals surface area (Å²) in [5, 5.41) is 35.3. The number of unbranched alkanes of at least 4 members (excludes halogenated alkanes) is 16. The van der Waals surface area contributed by atoms with Crippen molar-refractivity contribution in [1.82, 2.24) is 0 Å². The predicted octanol–water partition coefficient (Wildman–Crippen LogP) is 7.61. The van der Waals surface area contributed by atoms with E-state index in [1.54, 1.807) is 0 Å². The molecular weight excluding hydrogens is 695 g/mol. The minimum Gasteiger partial charge on any atom is -0.550 e. The Morgan fingerprint density at radius 1 is 0.556 bits per heavy atom. The van der Waals surface area contributed by atoms with Crippen LogP contribution in [0.15, 0.2) is 58.8 Å². The molecule has 0 aliphatic heterocycles. The number of carboxylic acids is 1. The first kappa shape index (κ1) is 55.8. The molecule has 0 amide bonds. The Morgan fingerprint density at radius 3 is 1.15 bits per heavy atom. The molecule has 2 atom stereocenters. The monoisotopic (exact) mass is 767 g/mol. The van der Waals surface area contributed by atoms with Gasteiger partial charge in [0.2, 0.25) is 0 Å². The smallest absolute Gasteiger partial charge is 0.550 e. The quantitative estimate of drug-likeness (QED) is 0.0125. The molecule has 0 aromatic carbocycles. The van der Waals surface area contributed by atoms with E-state index < -0.39 is 5.97 Å². The van der Waals surface area contributed by atoms with Gasteiger partial charge in [-0.3, -0.25) is 4.79 Å². The van der Waals surface area contributed by atoms with Crippen LogP contribution in [0.25, 0.3) is 20.9 Å². The van der Waals surface area contributed by atoms with Crippen LogP contribution < -0.4 is 34.7 Å². The van der Waals surface area contributed by atoms with Crippen molar-refractivity contribution in [2.24, 2.45) is 10.2 Å². The number of hydrogen-bond acceptors (Lipinski definition) is 8. The second-order valence-corrected chi connectivity index (χ2v) is 13.3. The second-order valence-electron chi connectivity index (χ2n) is 13.3.